The quantitative estimate of drug-likeness (QED) is 0.741. The second-order valence-corrected chi connectivity index (χ2v) is 4.37. The number of Topliss-reactive ketones (excluding diaryl/α,β-unsaturated/α-hetero) is 1. The van der Waals surface area contributed by atoms with Crippen LogP contribution in [-0.2, 0) is 17.8 Å². The summed E-state index contributed by atoms with van der Waals surface area (Å²) in [6, 6.07) is -0.0185. The van der Waals surface area contributed by atoms with Crippen molar-refractivity contribution in [3.63, 3.8) is 0 Å². The van der Waals surface area contributed by atoms with Crippen molar-refractivity contribution in [3.05, 3.63) is 12.2 Å². The van der Waals surface area contributed by atoms with Crippen LogP contribution in [0.3, 0.4) is 0 Å². The predicted octanol–water partition coefficient (Wildman–Crippen LogP) is 1.32. The van der Waals surface area contributed by atoms with Gasteiger partial charge in [0.05, 0.1) is 6.42 Å². The third kappa shape index (κ3) is 4.65. The summed E-state index contributed by atoms with van der Waals surface area (Å²) in [5.74, 6) is 0.900. The van der Waals surface area contributed by atoms with E-state index in [2.05, 4.69) is 23.9 Å². The number of rotatable bonds is 8. The lowest BCUT2D eigenvalue weighted by Gasteiger charge is -2.09. The van der Waals surface area contributed by atoms with Gasteiger partial charge in [0.1, 0.15) is 17.9 Å². The zero-order chi connectivity index (χ0) is 12.7. The zero-order valence-electron chi connectivity index (χ0n) is 10.7. The smallest absolute Gasteiger partial charge is 0.142 e. The van der Waals surface area contributed by atoms with Gasteiger partial charge in [-0.25, -0.2) is 9.67 Å². The summed E-state index contributed by atoms with van der Waals surface area (Å²) in [7, 11) is 0. The SMILES string of the molecule is CCCC(N)CC(=O)Cc1ncnn1CCC. The maximum Gasteiger partial charge on any atom is 0.142 e. The maximum absolute atomic E-state index is 11.8. The first-order valence-electron chi connectivity index (χ1n) is 6.31. The Morgan fingerprint density at radius 3 is 2.88 bits per heavy atom. The Morgan fingerprint density at radius 1 is 1.47 bits per heavy atom. The number of hydrogen-bond donors (Lipinski definition) is 1. The average molecular weight is 238 g/mol. The average Bonchev–Trinajstić information content (AvgIpc) is 2.66. The Morgan fingerprint density at radius 2 is 2.24 bits per heavy atom. The molecular weight excluding hydrogens is 216 g/mol. The van der Waals surface area contributed by atoms with Gasteiger partial charge in [-0.1, -0.05) is 20.3 Å². The molecule has 1 aromatic heterocycles. The second kappa shape index (κ2) is 7.17. The van der Waals surface area contributed by atoms with Crippen LogP contribution in [-0.4, -0.2) is 26.6 Å². The summed E-state index contributed by atoms with van der Waals surface area (Å²) in [5, 5.41) is 4.10. The van der Waals surface area contributed by atoms with E-state index < -0.39 is 0 Å². The molecule has 1 rings (SSSR count). The van der Waals surface area contributed by atoms with Crippen molar-refractivity contribution < 1.29 is 4.79 Å². The minimum atomic E-state index is -0.0185. The Balaban J connectivity index is 2.47. The first-order chi connectivity index (χ1) is 8.17. The number of carbonyl (C=O) groups excluding carboxylic acids is 1. The summed E-state index contributed by atoms with van der Waals surface area (Å²) >= 11 is 0. The Labute approximate surface area is 102 Å². The number of aromatic nitrogens is 3. The molecule has 1 unspecified atom stereocenters. The van der Waals surface area contributed by atoms with Crippen molar-refractivity contribution in [1.82, 2.24) is 14.8 Å². The molecule has 0 saturated carbocycles. The van der Waals surface area contributed by atoms with Gasteiger partial charge in [-0.2, -0.15) is 5.10 Å². The number of carbonyl (C=O) groups is 1. The Hall–Kier alpha value is -1.23. The molecule has 2 N–H and O–H groups in total. The highest BCUT2D eigenvalue weighted by Gasteiger charge is 2.13. The molecule has 1 aromatic rings. The molecule has 0 fully saturated rings. The normalized spacial score (nSPS) is 12.6. The molecule has 0 aromatic carbocycles. The fraction of sp³-hybridized carbons (Fsp3) is 0.750. The summed E-state index contributed by atoms with van der Waals surface area (Å²) < 4.78 is 1.79. The van der Waals surface area contributed by atoms with E-state index >= 15 is 0 Å². The van der Waals surface area contributed by atoms with Gasteiger partial charge in [0.15, 0.2) is 0 Å². The molecule has 0 aliphatic rings. The first kappa shape index (κ1) is 13.8. The van der Waals surface area contributed by atoms with Crippen molar-refractivity contribution in [2.45, 2.75) is 58.5 Å². The van der Waals surface area contributed by atoms with Crippen LogP contribution in [0.4, 0.5) is 0 Å². The van der Waals surface area contributed by atoms with E-state index in [0.717, 1.165) is 31.6 Å². The van der Waals surface area contributed by atoms with Crippen LogP contribution >= 0.6 is 0 Å². The molecule has 0 saturated heterocycles. The fourth-order valence-corrected chi connectivity index (χ4v) is 1.84. The molecule has 17 heavy (non-hydrogen) atoms. The van der Waals surface area contributed by atoms with Crippen LogP contribution in [0, 0.1) is 0 Å². The van der Waals surface area contributed by atoms with Crippen molar-refractivity contribution in [2.24, 2.45) is 5.73 Å². The number of hydrogen-bond acceptors (Lipinski definition) is 4. The highest BCUT2D eigenvalue weighted by Crippen LogP contribution is 2.04. The maximum atomic E-state index is 11.8. The highest BCUT2D eigenvalue weighted by atomic mass is 16.1. The molecule has 5 nitrogen and oxygen atoms in total. The van der Waals surface area contributed by atoms with E-state index in [9.17, 15) is 4.79 Å². The highest BCUT2D eigenvalue weighted by molar-refractivity contribution is 5.80. The van der Waals surface area contributed by atoms with Gasteiger partial charge in [-0.15, -0.1) is 0 Å². The van der Waals surface area contributed by atoms with Gasteiger partial charge < -0.3 is 5.73 Å². The Bertz CT molecular complexity index is 348. The molecule has 1 heterocycles. The zero-order valence-corrected chi connectivity index (χ0v) is 10.7. The van der Waals surface area contributed by atoms with E-state index in [1.807, 2.05) is 0 Å². The van der Waals surface area contributed by atoms with Crippen molar-refractivity contribution in [1.29, 1.82) is 0 Å². The minimum absolute atomic E-state index is 0.0185. The van der Waals surface area contributed by atoms with Crippen LogP contribution in [0.5, 0.6) is 0 Å². The van der Waals surface area contributed by atoms with Crippen molar-refractivity contribution >= 4 is 5.78 Å². The summed E-state index contributed by atoms with van der Waals surface area (Å²) in [6.07, 6.45) is 5.18. The summed E-state index contributed by atoms with van der Waals surface area (Å²) in [5.41, 5.74) is 5.85. The second-order valence-electron chi connectivity index (χ2n) is 4.37. The lowest BCUT2D eigenvalue weighted by Crippen LogP contribution is -2.25. The lowest BCUT2D eigenvalue weighted by atomic mass is 10.0. The van der Waals surface area contributed by atoms with Crippen LogP contribution in [0.25, 0.3) is 0 Å². The molecule has 1 atom stereocenters. The van der Waals surface area contributed by atoms with Gasteiger partial charge in [-0.05, 0) is 12.8 Å². The molecule has 96 valence electrons. The first-order valence-corrected chi connectivity index (χ1v) is 6.31. The van der Waals surface area contributed by atoms with Crippen LogP contribution in [0.2, 0.25) is 0 Å². The molecule has 0 aliphatic carbocycles. The van der Waals surface area contributed by atoms with Crippen LogP contribution in [0.15, 0.2) is 6.33 Å². The number of nitrogens with zero attached hydrogens (tertiary/aromatic N) is 3. The van der Waals surface area contributed by atoms with E-state index in [4.69, 9.17) is 5.73 Å². The van der Waals surface area contributed by atoms with Crippen LogP contribution < -0.4 is 5.73 Å². The summed E-state index contributed by atoms with van der Waals surface area (Å²) in [6.45, 7) is 4.95. The molecule has 0 bridgehead atoms. The van der Waals surface area contributed by atoms with Gasteiger partial charge in [0.2, 0.25) is 0 Å². The van der Waals surface area contributed by atoms with E-state index in [0.29, 0.717) is 12.8 Å². The van der Waals surface area contributed by atoms with Gasteiger partial charge in [-0.3, -0.25) is 4.79 Å². The fourth-order valence-electron chi connectivity index (χ4n) is 1.84. The van der Waals surface area contributed by atoms with Crippen molar-refractivity contribution in [3.8, 4) is 0 Å². The van der Waals surface area contributed by atoms with Gasteiger partial charge in [0.25, 0.3) is 0 Å². The molecule has 0 aliphatic heterocycles. The molecule has 5 heteroatoms. The topological polar surface area (TPSA) is 73.8 Å². The number of nitrogens with two attached hydrogens (primary N) is 1. The third-order valence-corrected chi connectivity index (χ3v) is 2.64. The van der Waals surface area contributed by atoms with Gasteiger partial charge >= 0.3 is 0 Å². The lowest BCUT2D eigenvalue weighted by molar-refractivity contribution is -0.118. The molecule has 0 spiro atoms. The third-order valence-electron chi connectivity index (χ3n) is 2.64. The van der Waals surface area contributed by atoms with Crippen molar-refractivity contribution in [2.75, 3.05) is 0 Å². The van der Waals surface area contributed by atoms with Crippen LogP contribution in [0.1, 0.15) is 45.4 Å². The molecule has 0 amide bonds. The largest absolute Gasteiger partial charge is 0.327 e. The Kier molecular flexibility index (Phi) is 5.83. The van der Waals surface area contributed by atoms with E-state index in [-0.39, 0.29) is 11.8 Å². The molecule has 0 radical (unpaired) electrons. The predicted molar refractivity (Wildman–Crippen MR) is 66.5 cm³/mol. The minimum Gasteiger partial charge on any atom is -0.327 e. The molecular formula is C12H22N4O. The van der Waals surface area contributed by atoms with Gasteiger partial charge in [0, 0.05) is 19.0 Å². The summed E-state index contributed by atoms with van der Waals surface area (Å²) in [4.78, 5) is 15.9. The number of ketones is 1. The van der Waals surface area contributed by atoms with E-state index in [1.165, 1.54) is 6.33 Å². The standard InChI is InChI=1S/C12H22N4O/c1-3-5-10(13)7-11(17)8-12-14-9-15-16(12)6-4-2/h9-10H,3-8,13H2,1-2H3. The monoisotopic (exact) mass is 238 g/mol. The number of aryl methyl sites for hydroxylation is 1. The van der Waals surface area contributed by atoms with E-state index in [1.54, 1.807) is 4.68 Å².